The lowest BCUT2D eigenvalue weighted by molar-refractivity contribution is 0.0621. The topological polar surface area (TPSA) is 24.5 Å². The smallest absolute Gasteiger partial charge is 0.123 e. The number of hydrogen-bond acceptors (Lipinski definition) is 3. The molecule has 0 radical (unpaired) electrons. The number of rotatable bonds is 4. The Labute approximate surface area is 129 Å². The lowest BCUT2D eigenvalue weighted by atomic mass is 9.92. The zero-order valence-corrected chi connectivity index (χ0v) is 14.4. The molecule has 0 saturated carbocycles. The Morgan fingerprint density at radius 1 is 1.38 bits per heavy atom. The van der Waals surface area contributed by atoms with Gasteiger partial charge in [-0.25, -0.2) is 0 Å². The van der Waals surface area contributed by atoms with Crippen LogP contribution in [0.5, 0.6) is 5.75 Å². The fourth-order valence-electron chi connectivity index (χ4n) is 3.27. The fraction of sp³-hybridized carbons (Fsp3) is 0.667. The predicted molar refractivity (Wildman–Crippen MR) is 88.8 cm³/mol. The molecular weight excluding hydrogens is 260 g/mol. The average molecular weight is 290 g/mol. The van der Waals surface area contributed by atoms with Crippen molar-refractivity contribution in [3.8, 4) is 5.75 Å². The number of nitrogens with zero attached hydrogens (tertiary/aromatic N) is 1. The molecule has 1 N–H and O–H groups in total. The first-order valence-corrected chi connectivity index (χ1v) is 7.95. The van der Waals surface area contributed by atoms with Crippen molar-refractivity contribution < 1.29 is 4.74 Å². The molecule has 3 nitrogen and oxygen atoms in total. The van der Waals surface area contributed by atoms with Gasteiger partial charge in [0.15, 0.2) is 0 Å². The van der Waals surface area contributed by atoms with E-state index in [-0.39, 0.29) is 5.54 Å². The Morgan fingerprint density at radius 3 is 2.71 bits per heavy atom. The van der Waals surface area contributed by atoms with Gasteiger partial charge in [-0.3, -0.25) is 4.90 Å². The highest BCUT2D eigenvalue weighted by Gasteiger charge is 2.34. The summed E-state index contributed by atoms with van der Waals surface area (Å²) in [4.78, 5) is 2.61. The summed E-state index contributed by atoms with van der Waals surface area (Å²) in [5, 5.41) is 3.67. The largest absolute Gasteiger partial charge is 0.496 e. The Balaban J connectivity index is 2.23. The molecule has 1 aliphatic heterocycles. The first-order valence-electron chi connectivity index (χ1n) is 7.95. The summed E-state index contributed by atoms with van der Waals surface area (Å²) in [5.41, 5.74) is 2.75. The number of nitrogens with one attached hydrogen (secondary N) is 1. The molecule has 0 bridgehead atoms. The number of hydrogen-bond donors (Lipinski definition) is 1. The second kappa shape index (κ2) is 6.37. The summed E-state index contributed by atoms with van der Waals surface area (Å²) in [5.74, 6) is 1.64. The van der Waals surface area contributed by atoms with Crippen molar-refractivity contribution in [3.05, 3.63) is 29.3 Å². The minimum Gasteiger partial charge on any atom is -0.496 e. The molecule has 0 amide bonds. The molecule has 1 saturated heterocycles. The van der Waals surface area contributed by atoms with Gasteiger partial charge in [0.05, 0.1) is 7.11 Å². The second-order valence-corrected chi connectivity index (χ2v) is 7.30. The van der Waals surface area contributed by atoms with Gasteiger partial charge in [-0.15, -0.1) is 0 Å². The standard InChI is InChI=1S/C18H30N2O/c1-13(2)16-10-19-18(4,5)12-20(16)11-15-9-14(3)7-8-17(15)21-6/h7-9,13,16,19H,10-12H2,1-6H3. The molecule has 2 rings (SSSR count). The Bertz CT molecular complexity index is 482. The van der Waals surface area contributed by atoms with Crippen LogP contribution in [0.3, 0.4) is 0 Å². The van der Waals surface area contributed by atoms with Crippen molar-refractivity contribution in [2.75, 3.05) is 20.2 Å². The van der Waals surface area contributed by atoms with Crippen LogP contribution in [-0.2, 0) is 6.54 Å². The summed E-state index contributed by atoms with van der Waals surface area (Å²) in [6.45, 7) is 14.4. The molecular formula is C18H30N2O. The number of piperazine rings is 1. The lowest BCUT2D eigenvalue weighted by Gasteiger charge is -2.46. The van der Waals surface area contributed by atoms with Crippen molar-refractivity contribution in [3.63, 3.8) is 0 Å². The molecule has 1 fully saturated rings. The van der Waals surface area contributed by atoms with Crippen LogP contribution >= 0.6 is 0 Å². The van der Waals surface area contributed by atoms with Gasteiger partial charge in [0, 0.05) is 36.8 Å². The second-order valence-electron chi connectivity index (χ2n) is 7.30. The number of methoxy groups -OCH3 is 1. The summed E-state index contributed by atoms with van der Waals surface area (Å²) < 4.78 is 5.55. The Hall–Kier alpha value is -1.06. The van der Waals surface area contributed by atoms with Crippen LogP contribution < -0.4 is 10.1 Å². The van der Waals surface area contributed by atoms with E-state index >= 15 is 0 Å². The van der Waals surface area contributed by atoms with E-state index in [1.165, 1.54) is 11.1 Å². The van der Waals surface area contributed by atoms with Crippen molar-refractivity contribution in [2.24, 2.45) is 5.92 Å². The highest BCUT2D eigenvalue weighted by Crippen LogP contribution is 2.26. The monoisotopic (exact) mass is 290 g/mol. The maximum absolute atomic E-state index is 5.55. The van der Waals surface area contributed by atoms with E-state index in [0.29, 0.717) is 12.0 Å². The van der Waals surface area contributed by atoms with Crippen LogP contribution in [0, 0.1) is 12.8 Å². The fourth-order valence-corrected chi connectivity index (χ4v) is 3.27. The highest BCUT2D eigenvalue weighted by molar-refractivity contribution is 5.37. The van der Waals surface area contributed by atoms with Crippen LogP contribution in [0.2, 0.25) is 0 Å². The molecule has 1 unspecified atom stereocenters. The van der Waals surface area contributed by atoms with Crippen LogP contribution in [0.1, 0.15) is 38.8 Å². The van der Waals surface area contributed by atoms with Gasteiger partial charge >= 0.3 is 0 Å². The summed E-state index contributed by atoms with van der Waals surface area (Å²) >= 11 is 0. The van der Waals surface area contributed by atoms with Crippen LogP contribution in [0.4, 0.5) is 0 Å². The van der Waals surface area contributed by atoms with E-state index in [0.717, 1.165) is 25.4 Å². The molecule has 0 aromatic heterocycles. The van der Waals surface area contributed by atoms with Gasteiger partial charge in [-0.05, 0) is 32.8 Å². The lowest BCUT2D eigenvalue weighted by Crippen LogP contribution is -2.62. The Kier molecular flexibility index (Phi) is 4.95. The van der Waals surface area contributed by atoms with E-state index in [1.54, 1.807) is 7.11 Å². The van der Waals surface area contributed by atoms with Gasteiger partial charge in [0.25, 0.3) is 0 Å². The first-order chi connectivity index (χ1) is 9.82. The van der Waals surface area contributed by atoms with E-state index in [1.807, 2.05) is 0 Å². The highest BCUT2D eigenvalue weighted by atomic mass is 16.5. The van der Waals surface area contributed by atoms with Gasteiger partial charge < -0.3 is 10.1 Å². The van der Waals surface area contributed by atoms with Crippen LogP contribution in [0.25, 0.3) is 0 Å². The van der Waals surface area contributed by atoms with Crippen molar-refractivity contribution in [1.82, 2.24) is 10.2 Å². The normalized spacial score (nSPS) is 22.5. The van der Waals surface area contributed by atoms with Crippen molar-refractivity contribution in [1.29, 1.82) is 0 Å². The molecule has 1 aromatic rings. The van der Waals surface area contributed by atoms with E-state index < -0.39 is 0 Å². The third-order valence-corrected chi connectivity index (χ3v) is 4.44. The zero-order chi connectivity index (χ0) is 15.6. The number of ether oxygens (including phenoxy) is 1. The molecule has 1 aromatic carbocycles. The summed E-state index contributed by atoms with van der Waals surface area (Å²) in [6.07, 6.45) is 0. The Morgan fingerprint density at radius 2 is 2.10 bits per heavy atom. The molecule has 118 valence electrons. The maximum atomic E-state index is 5.55. The molecule has 1 atom stereocenters. The van der Waals surface area contributed by atoms with Gasteiger partial charge in [0.1, 0.15) is 5.75 Å². The van der Waals surface area contributed by atoms with Crippen LogP contribution in [-0.4, -0.2) is 36.7 Å². The van der Waals surface area contributed by atoms with Crippen molar-refractivity contribution >= 4 is 0 Å². The molecule has 0 aliphatic carbocycles. The van der Waals surface area contributed by atoms with Crippen molar-refractivity contribution in [2.45, 2.75) is 52.7 Å². The van der Waals surface area contributed by atoms with Crippen LogP contribution in [0.15, 0.2) is 18.2 Å². The van der Waals surface area contributed by atoms with Gasteiger partial charge in [-0.1, -0.05) is 31.5 Å². The quantitative estimate of drug-likeness (QED) is 0.921. The molecule has 21 heavy (non-hydrogen) atoms. The maximum Gasteiger partial charge on any atom is 0.123 e. The number of aryl methyl sites for hydroxylation is 1. The van der Waals surface area contributed by atoms with E-state index in [9.17, 15) is 0 Å². The van der Waals surface area contributed by atoms with E-state index in [4.69, 9.17) is 4.74 Å². The summed E-state index contributed by atoms with van der Waals surface area (Å²) in [6, 6.07) is 7.03. The summed E-state index contributed by atoms with van der Waals surface area (Å²) in [7, 11) is 1.76. The first kappa shape index (κ1) is 16.3. The minimum absolute atomic E-state index is 0.169. The number of benzene rings is 1. The molecule has 1 heterocycles. The minimum atomic E-state index is 0.169. The SMILES string of the molecule is COc1ccc(C)cc1CN1CC(C)(C)NCC1C(C)C. The van der Waals surface area contributed by atoms with E-state index in [2.05, 4.69) is 63.0 Å². The molecule has 1 aliphatic rings. The average Bonchev–Trinajstić information content (AvgIpc) is 2.37. The third kappa shape index (κ3) is 3.98. The predicted octanol–water partition coefficient (Wildman–Crippen LogP) is 3.21. The molecule has 3 heteroatoms. The third-order valence-electron chi connectivity index (χ3n) is 4.44. The van der Waals surface area contributed by atoms with Gasteiger partial charge in [0.2, 0.25) is 0 Å². The zero-order valence-electron chi connectivity index (χ0n) is 14.4. The molecule has 0 spiro atoms. The van der Waals surface area contributed by atoms with Gasteiger partial charge in [-0.2, -0.15) is 0 Å².